The minimum atomic E-state index is -0.788. The molecule has 5 nitrogen and oxygen atoms in total. The van der Waals surface area contributed by atoms with Gasteiger partial charge in [-0.05, 0) is 24.6 Å². The van der Waals surface area contributed by atoms with Crippen LogP contribution >= 0.6 is 11.3 Å². The summed E-state index contributed by atoms with van der Waals surface area (Å²) in [5.74, 6) is 0.437. The summed E-state index contributed by atoms with van der Waals surface area (Å²) >= 11 is 1.36. The van der Waals surface area contributed by atoms with Crippen LogP contribution in [0.2, 0.25) is 0 Å². The summed E-state index contributed by atoms with van der Waals surface area (Å²) in [5.41, 5.74) is 2.68. The number of thiazole rings is 1. The lowest BCUT2D eigenvalue weighted by molar-refractivity contribution is 0.0848. The maximum Gasteiger partial charge on any atom is 0.271 e. The molecule has 2 N–H and O–H groups in total. The first-order chi connectivity index (χ1) is 9.61. The number of methoxy groups -OCH3 is 1. The zero-order chi connectivity index (χ0) is 14.5. The lowest BCUT2D eigenvalue weighted by Crippen LogP contribution is -2.37. The van der Waals surface area contributed by atoms with E-state index < -0.39 is 12.1 Å². The number of nitrogens with zero attached hydrogens (tertiary/aromatic N) is 1. The van der Waals surface area contributed by atoms with Crippen LogP contribution in [0.1, 0.15) is 29.1 Å². The van der Waals surface area contributed by atoms with Gasteiger partial charge in [0.1, 0.15) is 11.4 Å². The van der Waals surface area contributed by atoms with Crippen molar-refractivity contribution in [1.82, 2.24) is 10.3 Å². The van der Waals surface area contributed by atoms with Crippen molar-refractivity contribution in [3.05, 3.63) is 46.4 Å². The zero-order valence-electron chi connectivity index (χ0n) is 11.2. The Bertz CT molecular complexity index is 554. The summed E-state index contributed by atoms with van der Waals surface area (Å²) in [4.78, 5) is 15.8. The molecular weight excluding hydrogens is 276 g/mol. The van der Waals surface area contributed by atoms with E-state index in [2.05, 4.69) is 10.3 Å². The second-order valence-corrected chi connectivity index (χ2v) is 5.07. The minimum absolute atomic E-state index is 0.286. The van der Waals surface area contributed by atoms with Gasteiger partial charge in [-0.15, -0.1) is 11.3 Å². The number of aliphatic hydroxyl groups excluding tert-OH is 1. The highest BCUT2D eigenvalue weighted by molar-refractivity contribution is 7.07. The fraction of sp³-hybridized carbons (Fsp3) is 0.286. The van der Waals surface area contributed by atoms with E-state index in [0.717, 1.165) is 11.3 Å². The van der Waals surface area contributed by atoms with E-state index in [1.54, 1.807) is 49.2 Å². The maximum absolute atomic E-state index is 11.9. The van der Waals surface area contributed by atoms with Gasteiger partial charge in [-0.2, -0.15) is 0 Å². The predicted molar refractivity (Wildman–Crippen MR) is 77.0 cm³/mol. The minimum Gasteiger partial charge on any atom is -0.497 e. The van der Waals surface area contributed by atoms with Crippen LogP contribution in [-0.2, 0) is 0 Å². The highest BCUT2D eigenvalue weighted by Gasteiger charge is 2.19. The van der Waals surface area contributed by atoms with Crippen LogP contribution in [0.25, 0.3) is 0 Å². The van der Waals surface area contributed by atoms with Crippen LogP contribution in [0, 0.1) is 0 Å². The van der Waals surface area contributed by atoms with E-state index in [1.807, 2.05) is 0 Å². The molecule has 0 radical (unpaired) electrons. The van der Waals surface area contributed by atoms with E-state index in [0.29, 0.717) is 5.69 Å². The molecule has 0 fully saturated rings. The molecule has 1 amide bonds. The van der Waals surface area contributed by atoms with Gasteiger partial charge in [-0.1, -0.05) is 12.1 Å². The Balaban J connectivity index is 2.00. The number of nitrogens with one attached hydrogen (secondary N) is 1. The molecule has 0 spiro atoms. The smallest absolute Gasteiger partial charge is 0.271 e. The molecule has 2 unspecified atom stereocenters. The molecule has 2 aromatic rings. The Morgan fingerprint density at radius 1 is 1.40 bits per heavy atom. The van der Waals surface area contributed by atoms with Crippen molar-refractivity contribution in [3.63, 3.8) is 0 Å². The van der Waals surface area contributed by atoms with Crippen LogP contribution in [0.15, 0.2) is 35.2 Å². The molecule has 0 bridgehead atoms. The Kier molecular flexibility index (Phi) is 4.70. The van der Waals surface area contributed by atoms with Gasteiger partial charge >= 0.3 is 0 Å². The average Bonchev–Trinajstić information content (AvgIpc) is 3.01. The van der Waals surface area contributed by atoms with Crippen molar-refractivity contribution < 1.29 is 14.6 Å². The van der Waals surface area contributed by atoms with Gasteiger partial charge < -0.3 is 15.2 Å². The number of hydrogen-bond donors (Lipinski definition) is 2. The Hall–Kier alpha value is -1.92. The van der Waals surface area contributed by atoms with Crippen LogP contribution in [0.3, 0.4) is 0 Å². The summed E-state index contributed by atoms with van der Waals surface area (Å²) in [5, 5.41) is 14.6. The van der Waals surface area contributed by atoms with Gasteiger partial charge in [0.2, 0.25) is 0 Å². The van der Waals surface area contributed by atoms with Crippen molar-refractivity contribution >= 4 is 17.2 Å². The lowest BCUT2D eigenvalue weighted by Gasteiger charge is -2.20. The molecule has 0 saturated heterocycles. The van der Waals surface area contributed by atoms with E-state index in [-0.39, 0.29) is 5.91 Å². The van der Waals surface area contributed by atoms with Crippen LogP contribution in [0.5, 0.6) is 5.75 Å². The van der Waals surface area contributed by atoms with Gasteiger partial charge in [0.25, 0.3) is 5.91 Å². The van der Waals surface area contributed by atoms with Gasteiger partial charge in [-0.3, -0.25) is 4.79 Å². The van der Waals surface area contributed by atoms with E-state index in [1.165, 1.54) is 11.3 Å². The summed E-state index contributed by atoms with van der Waals surface area (Å²) in [6.45, 7) is 1.75. The fourth-order valence-electron chi connectivity index (χ4n) is 1.77. The first-order valence-electron chi connectivity index (χ1n) is 6.13. The van der Waals surface area contributed by atoms with Crippen molar-refractivity contribution in [2.45, 2.75) is 19.1 Å². The average molecular weight is 292 g/mol. The molecule has 20 heavy (non-hydrogen) atoms. The molecule has 1 aromatic carbocycles. The summed E-state index contributed by atoms with van der Waals surface area (Å²) in [6, 6.07) is 6.67. The quantitative estimate of drug-likeness (QED) is 0.884. The third kappa shape index (κ3) is 3.34. The molecule has 1 heterocycles. The van der Waals surface area contributed by atoms with Gasteiger partial charge in [0, 0.05) is 5.38 Å². The normalized spacial score (nSPS) is 13.6. The third-order valence-corrected chi connectivity index (χ3v) is 3.54. The molecule has 6 heteroatoms. The molecule has 2 rings (SSSR count). The molecule has 106 valence electrons. The molecule has 2 atom stereocenters. The van der Waals surface area contributed by atoms with Crippen LogP contribution < -0.4 is 10.1 Å². The summed E-state index contributed by atoms with van der Waals surface area (Å²) < 4.78 is 5.06. The first-order valence-corrected chi connectivity index (χ1v) is 7.07. The number of aromatic nitrogens is 1. The van der Waals surface area contributed by atoms with Crippen LogP contribution in [-0.4, -0.2) is 29.1 Å². The number of carbonyl (C=O) groups excluding carboxylic acids is 1. The fourth-order valence-corrected chi connectivity index (χ4v) is 2.31. The van der Waals surface area contributed by atoms with E-state index in [9.17, 15) is 9.90 Å². The number of ether oxygens (including phenoxy) is 1. The number of hydrogen-bond acceptors (Lipinski definition) is 5. The Morgan fingerprint density at radius 3 is 2.65 bits per heavy atom. The number of benzene rings is 1. The third-order valence-electron chi connectivity index (χ3n) is 2.95. The van der Waals surface area contributed by atoms with Crippen molar-refractivity contribution in [1.29, 1.82) is 0 Å². The molecule has 0 aliphatic carbocycles. The van der Waals surface area contributed by atoms with E-state index in [4.69, 9.17) is 4.74 Å². The topological polar surface area (TPSA) is 71.5 Å². The van der Waals surface area contributed by atoms with Crippen molar-refractivity contribution in [2.75, 3.05) is 7.11 Å². The van der Waals surface area contributed by atoms with Gasteiger partial charge in [0.15, 0.2) is 0 Å². The molecule has 1 aromatic heterocycles. The number of carbonyl (C=O) groups is 1. The standard InChI is InChI=1S/C14H16N2O3S/c1-9(16-14(18)12-7-20-8-15-12)13(17)10-3-5-11(19-2)6-4-10/h3-9,13,17H,1-2H3,(H,16,18). The highest BCUT2D eigenvalue weighted by atomic mass is 32.1. The molecular formula is C14H16N2O3S. The molecule has 0 aliphatic rings. The summed E-state index contributed by atoms with van der Waals surface area (Å²) in [7, 11) is 1.59. The number of amides is 1. The van der Waals surface area contributed by atoms with Gasteiger partial charge in [0.05, 0.1) is 24.8 Å². The monoisotopic (exact) mass is 292 g/mol. The Morgan fingerprint density at radius 2 is 2.10 bits per heavy atom. The van der Waals surface area contributed by atoms with Crippen molar-refractivity contribution in [2.24, 2.45) is 0 Å². The summed E-state index contributed by atoms with van der Waals surface area (Å²) in [6.07, 6.45) is -0.788. The van der Waals surface area contributed by atoms with Crippen LogP contribution in [0.4, 0.5) is 0 Å². The lowest BCUT2D eigenvalue weighted by atomic mass is 10.0. The second kappa shape index (κ2) is 6.49. The van der Waals surface area contributed by atoms with Crippen molar-refractivity contribution in [3.8, 4) is 5.75 Å². The molecule has 0 saturated carbocycles. The zero-order valence-corrected chi connectivity index (χ0v) is 12.1. The molecule has 0 aliphatic heterocycles. The Labute approximate surface area is 121 Å². The van der Waals surface area contributed by atoms with E-state index >= 15 is 0 Å². The first kappa shape index (κ1) is 14.5. The second-order valence-electron chi connectivity index (χ2n) is 4.35. The largest absolute Gasteiger partial charge is 0.497 e. The maximum atomic E-state index is 11.9. The predicted octanol–water partition coefficient (Wildman–Crippen LogP) is 2.00. The number of rotatable bonds is 5. The highest BCUT2D eigenvalue weighted by Crippen LogP contribution is 2.20. The SMILES string of the molecule is COc1ccc(C(O)C(C)NC(=O)c2cscn2)cc1. The van der Waals surface area contributed by atoms with Gasteiger partial charge in [-0.25, -0.2) is 4.98 Å². The number of aliphatic hydroxyl groups is 1.